The van der Waals surface area contributed by atoms with Crippen molar-refractivity contribution in [2.75, 3.05) is 27.4 Å². The third-order valence-electron chi connectivity index (χ3n) is 9.17. The fourth-order valence-corrected chi connectivity index (χ4v) is 6.67. The largest absolute Gasteiger partial charge is 0.493 e. The molecule has 0 bridgehead atoms. The number of ether oxygens (including phenoxy) is 4. The Bertz CT molecular complexity index is 2260. The van der Waals surface area contributed by atoms with Gasteiger partial charge in [-0.15, -0.1) is 0 Å². The monoisotopic (exact) mass is 711 g/mol. The number of pyridine rings is 2. The van der Waals surface area contributed by atoms with Crippen molar-refractivity contribution in [2.45, 2.75) is 40.0 Å². The molecule has 2 aromatic carbocycles. The number of imidazole rings is 1. The van der Waals surface area contributed by atoms with Crippen molar-refractivity contribution in [1.82, 2.24) is 24.8 Å². The Labute approximate surface area is 308 Å². The van der Waals surface area contributed by atoms with Gasteiger partial charge in [-0.2, -0.15) is 0 Å². The van der Waals surface area contributed by atoms with Gasteiger partial charge in [-0.25, -0.2) is 14.6 Å². The number of esters is 2. The van der Waals surface area contributed by atoms with Crippen molar-refractivity contribution in [3.8, 4) is 29.0 Å². The lowest BCUT2D eigenvalue weighted by Crippen LogP contribution is -2.34. The van der Waals surface area contributed by atoms with E-state index in [-0.39, 0.29) is 19.1 Å². The number of dihydropyridines is 1. The van der Waals surface area contributed by atoms with E-state index >= 15 is 0 Å². The summed E-state index contributed by atoms with van der Waals surface area (Å²) < 4.78 is 24.5. The number of benzene rings is 2. The predicted octanol–water partition coefficient (Wildman–Crippen LogP) is 6.70. The lowest BCUT2D eigenvalue weighted by molar-refractivity contribution is -0.139. The molecule has 0 saturated carbocycles. The second kappa shape index (κ2) is 16.3. The Hall–Kier alpha value is -6.41. The summed E-state index contributed by atoms with van der Waals surface area (Å²) in [6.07, 6.45) is 7.16. The zero-order valence-electron chi connectivity index (χ0n) is 30.6. The van der Waals surface area contributed by atoms with Crippen molar-refractivity contribution < 1.29 is 28.5 Å². The number of aromatic nitrogens is 4. The quantitative estimate of drug-likeness (QED) is 0.117. The van der Waals surface area contributed by atoms with Crippen LogP contribution >= 0.6 is 0 Å². The number of nitrogens with zero attached hydrogens (tertiary/aromatic N) is 4. The first-order valence-electron chi connectivity index (χ1n) is 17.3. The van der Waals surface area contributed by atoms with Gasteiger partial charge in [-0.05, 0) is 86.7 Å². The summed E-state index contributed by atoms with van der Waals surface area (Å²) >= 11 is 0. The van der Waals surface area contributed by atoms with Gasteiger partial charge in [0.15, 0.2) is 18.1 Å². The average molecular weight is 712 g/mol. The van der Waals surface area contributed by atoms with Gasteiger partial charge in [0.1, 0.15) is 11.3 Å². The smallest absolute Gasteiger partial charge is 0.337 e. The SMILES string of the molecule is CCOC(=O)C1=C(c2ccc(-n3c(C)nc4cnccc43)cc2)NC(C)=C(C(=O)OCC#Cc2cccnc2)C1CC(C)c1ccc(OC)c(OC)c1. The molecule has 2 unspecified atom stereocenters. The summed E-state index contributed by atoms with van der Waals surface area (Å²) in [7, 11) is 3.17. The summed E-state index contributed by atoms with van der Waals surface area (Å²) in [4.78, 5) is 41.0. The van der Waals surface area contributed by atoms with Crippen LogP contribution < -0.4 is 14.8 Å². The van der Waals surface area contributed by atoms with Gasteiger partial charge in [0.2, 0.25) is 0 Å². The van der Waals surface area contributed by atoms with E-state index in [1.54, 1.807) is 52.0 Å². The van der Waals surface area contributed by atoms with Crippen molar-refractivity contribution in [3.05, 3.63) is 125 Å². The highest BCUT2D eigenvalue weighted by Crippen LogP contribution is 2.42. The molecule has 0 fully saturated rings. The first-order valence-corrected chi connectivity index (χ1v) is 17.3. The molecule has 0 aliphatic carbocycles. The van der Waals surface area contributed by atoms with Crippen molar-refractivity contribution in [3.63, 3.8) is 0 Å². The topological polar surface area (TPSA) is 127 Å². The molecule has 11 heteroatoms. The highest BCUT2D eigenvalue weighted by Gasteiger charge is 2.39. The number of methoxy groups -OCH3 is 2. The zero-order valence-corrected chi connectivity index (χ0v) is 30.6. The van der Waals surface area contributed by atoms with Crippen LogP contribution in [0, 0.1) is 24.7 Å². The number of fused-ring (bicyclic) bond motifs is 1. The molecule has 0 saturated heterocycles. The second-order valence-electron chi connectivity index (χ2n) is 12.5. The van der Waals surface area contributed by atoms with Gasteiger partial charge in [-0.1, -0.05) is 37.0 Å². The maximum atomic E-state index is 14.1. The number of aryl methyl sites for hydroxylation is 1. The number of carbonyl (C=O) groups is 2. The number of carbonyl (C=O) groups excluding carboxylic acids is 2. The second-order valence-corrected chi connectivity index (χ2v) is 12.5. The number of nitrogens with one attached hydrogen (secondary N) is 1. The molecule has 1 aliphatic heterocycles. The van der Waals surface area contributed by atoms with Crippen molar-refractivity contribution in [2.24, 2.45) is 5.92 Å². The van der Waals surface area contributed by atoms with Crippen molar-refractivity contribution >= 4 is 28.7 Å². The van der Waals surface area contributed by atoms with E-state index in [1.165, 1.54) is 0 Å². The van der Waals surface area contributed by atoms with Crippen LogP contribution in [0.4, 0.5) is 0 Å². The number of hydrogen-bond acceptors (Lipinski definition) is 10. The summed E-state index contributed by atoms with van der Waals surface area (Å²) in [5.74, 6) is 5.93. The lowest BCUT2D eigenvalue weighted by Gasteiger charge is -2.33. The van der Waals surface area contributed by atoms with Gasteiger partial charge in [-0.3, -0.25) is 14.5 Å². The molecule has 0 spiro atoms. The number of hydrogen-bond donors (Lipinski definition) is 1. The summed E-state index contributed by atoms with van der Waals surface area (Å²) in [6.45, 7) is 7.58. The van der Waals surface area contributed by atoms with E-state index in [0.717, 1.165) is 33.7 Å². The highest BCUT2D eigenvalue weighted by molar-refractivity contribution is 6.03. The van der Waals surface area contributed by atoms with Crippen LogP contribution in [0.5, 0.6) is 11.5 Å². The molecule has 3 aromatic heterocycles. The molecular formula is C42H41N5O6. The fourth-order valence-electron chi connectivity index (χ4n) is 6.67. The molecule has 1 N–H and O–H groups in total. The van der Waals surface area contributed by atoms with E-state index < -0.39 is 17.9 Å². The molecule has 1 aliphatic rings. The molecule has 2 atom stereocenters. The van der Waals surface area contributed by atoms with Crippen LogP contribution in [0.2, 0.25) is 0 Å². The van der Waals surface area contributed by atoms with Gasteiger partial charge >= 0.3 is 11.9 Å². The third kappa shape index (κ3) is 7.77. The molecule has 270 valence electrons. The van der Waals surface area contributed by atoms with E-state index in [0.29, 0.717) is 46.0 Å². The molecule has 53 heavy (non-hydrogen) atoms. The summed E-state index contributed by atoms with van der Waals surface area (Å²) in [5.41, 5.74) is 6.82. The van der Waals surface area contributed by atoms with Gasteiger partial charge in [0, 0.05) is 41.5 Å². The molecular weight excluding hydrogens is 670 g/mol. The fraction of sp³-hybridized carbons (Fsp3) is 0.262. The normalized spacial score (nSPS) is 14.6. The van der Waals surface area contributed by atoms with E-state index in [9.17, 15) is 9.59 Å². The Morgan fingerprint density at radius 1 is 0.906 bits per heavy atom. The van der Waals surface area contributed by atoms with Crippen LogP contribution in [-0.2, 0) is 19.1 Å². The molecule has 5 aromatic rings. The Kier molecular flexibility index (Phi) is 11.2. The number of rotatable bonds is 11. The van der Waals surface area contributed by atoms with Crippen LogP contribution in [0.1, 0.15) is 55.6 Å². The first-order chi connectivity index (χ1) is 25.7. The standard InChI is InChI=1S/C42H41N5O6/c1-7-52-42(49)39-33(22-26(2)31-14-17-36(50-5)37(23-31)51-6)38(41(48)53-21-9-11-29-10-8-19-43-24-29)27(3)45-40(39)30-12-15-32(16-13-30)47-28(4)46-34-25-44-20-18-35(34)47/h8,10,12-20,23-26,33,45H,7,21-22H2,1-6H3. The minimum Gasteiger partial charge on any atom is -0.493 e. The highest BCUT2D eigenvalue weighted by atomic mass is 16.5. The average Bonchev–Trinajstić information content (AvgIpc) is 3.51. The van der Waals surface area contributed by atoms with Crippen molar-refractivity contribution in [1.29, 1.82) is 0 Å². The maximum absolute atomic E-state index is 14.1. The molecule has 11 nitrogen and oxygen atoms in total. The van der Waals surface area contributed by atoms with E-state index in [1.807, 2.05) is 75.4 Å². The summed E-state index contributed by atoms with van der Waals surface area (Å²) in [5, 5.41) is 3.39. The molecule has 0 amide bonds. The Morgan fingerprint density at radius 2 is 1.66 bits per heavy atom. The maximum Gasteiger partial charge on any atom is 0.337 e. The van der Waals surface area contributed by atoms with Gasteiger partial charge in [0.25, 0.3) is 0 Å². The molecule has 0 radical (unpaired) electrons. The number of allylic oxidation sites excluding steroid dienone is 1. The minimum absolute atomic E-state index is 0.140. The first kappa shape index (κ1) is 36.4. The van der Waals surface area contributed by atoms with Crippen LogP contribution in [0.15, 0.2) is 102 Å². The van der Waals surface area contributed by atoms with Crippen LogP contribution in [0.3, 0.4) is 0 Å². The van der Waals surface area contributed by atoms with E-state index in [2.05, 4.69) is 36.7 Å². The zero-order chi connectivity index (χ0) is 37.5. The minimum atomic E-state index is -0.695. The molecule has 6 rings (SSSR count). The Morgan fingerprint density at radius 3 is 2.38 bits per heavy atom. The van der Waals surface area contributed by atoms with E-state index in [4.69, 9.17) is 18.9 Å². The van der Waals surface area contributed by atoms with Crippen LogP contribution in [0.25, 0.3) is 22.4 Å². The molecule has 4 heterocycles. The summed E-state index contributed by atoms with van der Waals surface area (Å²) in [6, 6.07) is 19.1. The predicted molar refractivity (Wildman–Crippen MR) is 201 cm³/mol. The van der Waals surface area contributed by atoms with Gasteiger partial charge < -0.3 is 24.3 Å². The third-order valence-corrected chi connectivity index (χ3v) is 9.17. The Balaban J connectivity index is 1.40. The van der Waals surface area contributed by atoms with Crippen LogP contribution in [-0.4, -0.2) is 58.9 Å². The lowest BCUT2D eigenvalue weighted by atomic mass is 9.77. The van der Waals surface area contributed by atoms with Gasteiger partial charge in [0.05, 0.1) is 49.4 Å².